The van der Waals surface area contributed by atoms with E-state index in [0.29, 0.717) is 37.4 Å². The molecule has 4 rings (SSSR count). The van der Waals surface area contributed by atoms with E-state index in [2.05, 4.69) is 5.16 Å². The van der Waals surface area contributed by atoms with Crippen LogP contribution in [0.15, 0.2) is 34.9 Å². The van der Waals surface area contributed by atoms with Crippen molar-refractivity contribution in [1.82, 2.24) is 14.4 Å². The van der Waals surface area contributed by atoms with Crippen molar-refractivity contribution in [3.8, 4) is 5.75 Å². The van der Waals surface area contributed by atoms with Crippen molar-refractivity contribution < 1.29 is 22.5 Å². The zero-order valence-electron chi connectivity index (χ0n) is 15.9. The maximum Gasteiger partial charge on any atom is 0.292 e. The normalized spacial score (nSPS) is 19.7. The number of carbonyl (C=O) groups is 1. The van der Waals surface area contributed by atoms with E-state index in [-0.39, 0.29) is 24.8 Å². The summed E-state index contributed by atoms with van der Waals surface area (Å²) in [5.74, 6) is 0.724. The molecular weight excluding hydrogens is 382 g/mol. The second-order valence-electron chi connectivity index (χ2n) is 7.55. The maximum atomic E-state index is 12.6. The van der Waals surface area contributed by atoms with Crippen LogP contribution in [-0.2, 0) is 16.6 Å². The van der Waals surface area contributed by atoms with Crippen LogP contribution in [0.5, 0.6) is 5.75 Å². The molecule has 1 fully saturated rings. The first-order valence-corrected chi connectivity index (χ1v) is 11.1. The Morgan fingerprint density at radius 3 is 2.57 bits per heavy atom. The van der Waals surface area contributed by atoms with E-state index in [1.54, 1.807) is 17.9 Å². The molecular formula is C19H23N3O5S. The van der Waals surface area contributed by atoms with Gasteiger partial charge in [0, 0.05) is 44.1 Å². The van der Waals surface area contributed by atoms with Gasteiger partial charge in [-0.2, -0.15) is 4.31 Å². The van der Waals surface area contributed by atoms with Crippen LogP contribution in [0.4, 0.5) is 0 Å². The number of hydrogen-bond donors (Lipinski definition) is 0. The molecule has 2 aliphatic rings. The molecule has 0 N–H and O–H groups in total. The van der Waals surface area contributed by atoms with Crippen molar-refractivity contribution in [1.29, 1.82) is 0 Å². The lowest BCUT2D eigenvalue weighted by Gasteiger charge is -2.42. The lowest BCUT2D eigenvalue weighted by molar-refractivity contribution is -0.00351. The topological polar surface area (TPSA) is 93.0 Å². The van der Waals surface area contributed by atoms with Crippen LogP contribution in [0.25, 0.3) is 0 Å². The van der Waals surface area contributed by atoms with Gasteiger partial charge in [0.05, 0.1) is 18.5 Å². The number of para-hydroxylation sites is 1. The Morgan fingerprint density at radius 1 is 1.21 bits per heavy atom. The highest BCUT2D eigenvalue weighted by Crippen LogP contribution is 2.36. The Kier molecular flexibility index (Phi) is 4.67. The molecule has 1 saturated heterocycles. The largest absolute Gasteiger partial charge is 0.485 e. The quantitative estimate of drug-likeness (QED) is 0.757. The average Bonchev–Trinajstić information content (AvgIpc) is 3.01. The van der Waals surface area contributed by atoms with Crippen molar-refractivity contribution in [2.24, 2.45) is 0 Å². The van der Waals surface area contributed by atoms with E-state index in [4.69, 9.17) is 9.26 Å². The number of carbonyl (C=O) groups excluding carboxylic acids is 1. The molecule has 1 aromatic carbocycles. The molecule has 1 amide bonds. The third-order valence-corrected chi connectivity index (χ3v) is 6.58. The van der Waals surface area contributed by atoms with Crippen molar-refractivity contribution in [2.75, 3.05) is 25.9 Å². The number of rotatable bonds is 2. The lowest BCUT2D eigenvalue weighted by Crippen LogP contribution is -2.55. The number of nitrogens with zero attached hydrogens (tertiary/aromatic N) is 3. The van der Waals surface area contributed by atoms with Gasteiger partial charge < -0.3 is 14.2 Å². The molecule has 3 heterocycles. The van der Waals surface area contributed by atoms with E-state index in [0.717, 1.165) is 5.56 Å². The smallest absolute Gasteiger partial charge is 0.292 e. The fraction of sp³-hybridized carbons (Fsp3) is 0.474. The molecule has 8 nitrogen and oxygen atoms in total. The van der Waals surface area contributed by atoms with Crippen LogP contribution >= 0.6 is 0 Å². The second-order valence-corrected chi connectivity index (χ2v) is 9.53. The molecule has 0 radical (unpaired) electrons. The number of aryl methyl sites for hydroxylation is 1. The molecule has 1 spiro atoms. The highest BCUT2D eigenvalue weighted by Gasteiger charge is 2.43. The minimum atomic E-state index is -3.39. The van der Waals surface area contributed by atoms with Gasteiger partial charge in [0.15, 0.2) is 0 Å². The minimum Gasteiger partial charge on any atom is -0.485 e. The van der Waals surface area contributed by atoms with E-state index >= 15 is 0 Å². The number of fused-ring (bicyclic) bond motifs is 1. The number of likely N-dealkylation sites (tertiary alicyclic amines) is 1. The second kappa shape index (κ2) is 6.89. The Hall–Kier alpha value is -2.39. The molecule has 150 valence electrons. The summed E-state index contributed by atoms with van der Waals surface area (Å²) in [5.41, 5.74) is 0.842. The number of hydrogen-bond acceptors (Lipinski definition) is 6. The summed E-state index contributed by atoms with van der Waals surface area (Å²) < 4.78 is 37.6. The fourth-order valence-electron chi connectivity index (χ4n) is 3.80. The van der Waals surface area contributed by atoms with Crippen LogP contribution in [-0.4, -0.2) is 60.2 Å². The van der Waals surface area contributed by atoms with E-state index < -0.39 is 15.6 Å². The summed E-state index contributed by atoms with van der Waals surface area (Å²) in [6.45, 7) is 3.24. The van der Waals surface area contributed by atoms with E-state index in [1.807, 2.05) is 24.3 Å². The molecule has 2 aromatic rings. The van der Waals surface area contributed by atoms with Gasteiger partial charge in [-0.25, -0.2) is 8.42 Å². The van der Waals surface area contributed by atoms with Crippen LogP contribution in [0, 0.1) is 6.92 Å². The SMILES string of the molecule is Cc1cc(C(=O)N2CCC3(CC2)CN(S(C)(=O)=O)Cc2ccccc2O3)on1. The van der Waals surface area contributed by atoms with Crippen LogP contribution < -0.4 is 4.74 Å². The first kappa shape index (κ1) is 18.9. The number of sulfonamides is 1. The third kappa shape index (κ3) is 3.64. The summed E-state index contributed by atoms with van der Waals surface area (Å²) >= 11 is 0. The summed E-state index contributed by atoms with van der Waals surface area (Å²) in [6, 6.07) is 9.14. The van der Waals surface area contributed by atoms with Crippen LogP contribution in [0.3, 0.4) is 0 Å². The number of benzene rings is 1. The number of ether oxygens (including phenoxy) is 1. The number of amides is 1. The molecule has 28 heavy (non-hydrogen) atoms. The van der Waals surface area contributed by atoms with Gasteiger partial charge in [-0.1, -0.05) is 23.4 Å². The monoisotopic (exact) mass is 405 g/mol. The Bertz CT molecular complexity index is 993. The van der Waals surface area contributed by atoms with Crippen LogP contribution in [0.2, 0.25) is 0 Å². The zero-order chi connectivity index (χ0) is 19.9. The van der Waals surface area contributed by atoms with Gasteiger partial charge in [0.2, 0.25) is 15.8 Å². The lowest BCUT2D eigenvalue weighted by atomic mass is 9.90. The average molecular weight is 405 g/mol. The summed E-state index contributed by atoms with van der Waals surface area (Å²) in [4.78, 5) is 14.3. The Labute approximate surface area is 164 Å². The first-order chi connectivity index (χ1) is 13.3. The highest BCUT2D eigenvalue weighted by molar-refractivity contribution is 7.88. The van der Waals surface area contributed by atoms with Crippen LogP contribution in [0.1, 0.15) is 34.7 Å². The minimum absolute atomic E-state index is 0.204. The van der Waals surface area contributed by atoms with Gasteiger partial charge in [-0.3, -0.25) is 4.79 Å². The first-order valence-electron chi connectivity index (χ1n) is 9.20. The molecule has 0 atom stereocenters. The maximum absolute atomic E-state index is 12.6. The number of aromatic nitrogens is 1. The molecule has 1 aromatic heterocycles. The van der Waals surface area contributed by atoms with Crippen molar-refractivity contribution in [2.45, 2.75) is 31.9 Å². The highest BCUT2D eigenvalue weighted by atomic mass is 32.2. The molecule has 0 unspecified atom stereocenters. The summed E-state index contributed by atoms with van der Waals surface area (Å²) in [5, 5.41) is 3.77. The van der Waals surface area contributed by atoms with Crippen molar-refractivity contribution >= 4 is 15.9 Å². The summed E-state index contributed by atoms with van der Waals surface area (Å²) in [6.07, 6.45) is 2.29. The van der Waals surface area contributed by atoms with Gasteiger partial charge in [-0.15, -0.1) is 0 Å². The number of piperidine rings is 1. The Balaban J connectivity index is 1.57. The van der Waals surface area contributed by atoms with Crippen molar-refractivity contribution in [3.05, 3.63) is 47.3 Å². The van der Waals surface area contributed by atoms with Crippen molar-refractivity contribution in [3.63, 3.8) is 0 Å². The summed E-state index contributed by atoms with van der Waals surface area (Å²) in [7, 11) is -3.39. The molecule has 0 aliphatic carbocycles. The van der Waals surface area contributed by atoms with Gasteiger partial charge in [0.1, 0.15) is 11.4 Å². The van der Waals surface area contributed by atoms with Gasteiger partial charge >= 0.3 is 0 Å². The third-order valence-electron chi connectivity index (χ3n) is 5.38. The molecule has 0 saturated carbocycles. The molecule has 9 heteroatoms. The molecule has 0 bridgehead atoms. The van der Waals surface area contributed by atoms with Gasteiger partial charge in [-0.05, 0) is 13.0 Å². The predicted molar refractivity (Wildman–Crippen MR) is 101 cm³/mol. The predicted octanol–water partition coefficient (Wildman–Crippen LogP) is 1.81. The zero-order valence-corrected chi connectivity index (χ0v) is 16.7. The fourth-order valence-corrected chi connectivity index (χ4v) is 4.64. The standard InChI is InChI=1S/C19H23N3O5S/c1-14-11-17(27-20-14)18(23)21-9-7-19(8-10-21)13-22(28(2,24)25)12-15-5-3-4-6-16(15)26-19/h3-6,11H,7-10,12-13H2,1-2H3. The van der Waals surface area contributed by atoms with Gasteiger partial charge in [0.25, 0.3) is 5.91 Å². The Morgan fingerprint density at radius 2 is 1.93 bits per heavy atom. The van der Waals surface area contributed by atoms with E-state index in [1.165, 1.54) is 10.6 Å². The van der Waals surface area contributed by atoms with E-state index in [9.17, 15) is 13.2 Å². The molecule has 2 aliphatic heterocycles.